The topological polar surface area (TPSA) is 77.8 Å². The lowest BCUT2D eigenvalue weighted by molar-refractivity contribution is -0.137. The summed E-state index contributed by atoms with van der Waals surface area (Å²) in [5, 5.41) is 0. The maximum absolute atomic E-state index is 13.0. The second-order valence-electron chi connectivity index (χ2n) is 5.14. The van der Waals surface area contributed by atoms with Gasteiger partial charge in [0.15, 0.2) is 0 Å². The molecule has 1 aromatic heterocycles. The predicted molar refractivity (Wildman–Crippen MR) is 86.7 cm³/mol. The minimum atomic E-state index is -4.45. The Labute approximate surface area is 136 Å². The fourth-order valence-electron chi connectivity index (χ4n) is 2.44. The third kappa shape index (κ3) is 3.01. The van der Waals surface area contributed by atoms with Gasteiger partial charge in [-0.3, -0.25) is 0 Å². The maximum Gasteiger partial charge on any atom is 0.416 e. The van der Waals surface area contributed by atoms with E-state index in [2.05, 4.69) is 9.97 Å². The van der Waals surface area contributed by atoms with Crippen LogP contribution in [0.5, 0.6) is 0 Å². The molecule has 0 bridgehead atoms. The Morgan fingerprint density at radius 1 is 0.792 bits per heavy atom. The molecule has 0 aliphatic rings. The Balaban J connectivity index is 2.25. The third-order valence-corrected chi connectivity index (χ3v) is 3.48. The molecule has 24 heavy (non-hydrogen) atoms. The van der Waals surface area contributed by atoms with Crippen molar-refractivity contribution < 1.29 is 13.2 Å². The normalized spacial score (nSPS) is 11.5. The summed E-state index contributed by atoms with van der Waals surface area (Å²) in [6.07, 6.45) is -4.45. The number of nitrogens with two attached hydrogens (primary N) is 2. The van der Waals surface area contributed by atoms with Gasteiger partial charge in [-0.2, -0.15) is 18.2 Å². The lowest BCUT2D eigenvalue weighted by Crippen LogP contribution is -2.07. The highest BCUT2D eigenvalue weighted by Crippen LogP contribution is 2.37. The number of aromatic nitrogens is 2. The monoisotopic (exact) mass is 330 g/mol. The standard InChI is InChI=1S/C17H13F3N4/c18-17(19,20)12-8-4-7-11(9-12)14-13(10-5-2-1-3-6-10)15(21)24-16(22)23-14/h1-9H,(H4,21,22,23,24). The minimum Gasteiger partial charge on any atom is -0.383 e. The van der Waals surface area contributed by atoms with Crippen LogP contribution < -0.4 is 11.5 Å². The molecule has 0 spiro atoms. The molecular formula is C17H13F3N4. The average molecular weight is 330 g/mol. The van der Waals surface area contributed by atoms with Crippen molar-refractivity contribution in [1.82, 2.24) is 9.97 Å². The van der Waals surface area contributed by atoms with Gasteiger partial charge in [0.2, 0.25) is 5.95 Å². The number of alkyl halides is 3. The second-order valence-corrected chi connectivity index (χ2v) is 5.14. The first-order chi connectivity index (χ1) is 11.4. The van der Waals surface area contributed by atoms with Gasteiger partial charge in [-0.05, 0) is 17.7 Å². The van der Waals surface area contributed by atoms with Gasteiger partial charge in [-0.1, -0.05) is 42.5 Å². The molecule has 122 valence electrons. The van der Waals surface area contributed by atoms with E-state index in [1.54, 1.807) is 24.3 Å². The predicted octanol–water partition coefficient (Wildman–Crippen LogP) is 3.99. The van der Waals surface area contributed by atoms with Crippen LogP contribution in [0, 0.1) is 0 Å². The van der Waals surface area contributed by atoms with E-state index in [1.807, 2.05) is 6.07 Å². The lowest BCUT2D eigenvalue weighted by atomic mass is 9.98. The fourth-order valence-corrected chi connectivity index (χ4v) is 2.44. The van der Waals surface area contributed by atoms with Gasteiger partial charge in [0.1, 0.15) is 5.82 Å². The van der Waals surface area contributed by atoms with Crippen molar-refractivity contribution in [3.8, 4) is 22.4 Å². The van der Waals surface area contributed by atoms with E-state index in [0.29, 0.717) is 11.1 Å². The number of anilines is 2. The van der Waals surface area contributed by atoms with E-state index in [-0.39, 0.29) is 23.0 Å². The number of halogens is 3. The summed E-state index contributed by atoms with van der Waals surface area (Å²) in [6, 6.07) is 13.8. The van der Waals surface area contributed by atoms with Crippen LogP contribution in [0.4, 0.5) is 24.9 Å². The first-order valence-electron chi connectivity index (χ1n) is 7.02. The summed E-state index contributed by atoms with van der Waals surface area (Å²) in [6.45, 7) is 0. The molecule has 0 amide bonds. The molecular weight excluding hydrogens is 317 g/mol. The van der Waals surface area contributed by atoms with Gasteiger partial charge in [0.25, 0.3) is 0 Å². The van der Waals surface area contributed by atoms with Crippen LogP contribution in [0.2, 0.25) is 0 Å². The molecule has 0 unspecified atom stereocenters. The van der Waals surface area contributed by atoms with Gasteiger partial charge in [-0.25, -0.2) is 4.98 Å². The Bertz CT molecular complexity index is 877. The minimum absolute atomic E-state index is 0.0976. The lowest BCUT2D eigenvalue weighted by Gasteiger charge is -2.14. The average Bonchev–Trinajstić information content (AvgIpc) is 2.54. The van der Waals surface area contributed by atoms with Crippen molar-refractivity contribution in [3.05, 3.63) is 60.2 Å². The van der Waals surface area contributed by atoms with Crippen LogP contribution in [0.15, 0.2) is 54.6 Å². The van der Waals surface area contributed by atoms with E-state index >= 15 is 0 Å². The molecule has 4 nitrogen and oxygen atoms in total. The summed E-state index contributed by atoms with van der Waals surface area (Å²) in [5.74, 6) is 0.0145. The molecule has 3 rings (SSSR count). The summed E-state index contributed by atoms with van der Waals surface area (Å²) >= 11 is 0. The highest BCUT2D eigenvalue weighted by molar-refractivity contribution is 5.88. The molecule has 0 fully saturated rings. The van der Waals surface area contributed by atoms with Gasteiger partial charge in [0.05, 0.1) is 16.8 Å². The first kappa shape index (κ1) is 15.8. The van der Waals surface area contributed by atoms with E-state index in [1.165, 1.54) is 12.1 Å². The van der Waals surface area contributed by atoms with Gasteiger partial charge < -0.3 is 11.5 Å². The molecule has 0 saturated carbocycles. The second kappa shape index (κ2) is 5.84. The van der Waals surface area contributed by atoms with Gasteiger partial charge in [-0.15, -0.1) is 0 Å². The van der Waals surface area contributed by atoms with Crippen molar-refractivity contribution in [2.45, 2.75) is 6.18 Å². The molecule has 0 saturated heterocycles. The van der Waals surface area contributed by atoms with E-state index in [4.69, 9.17) is 11.5 Å². The number of nitrogen functional groups attached to an aromatic ring is 2. The largest absolute Gasteiger partial charge is 0.416 e. The number of rotatable bonds is 2. The van der Waals surface area contributed by atoms with Crippen LogP contribution >= 0.6 is 0 Å². The Hall–Kier alpha value is -3.09. The zero-order valence-corrected chi connectivity index (χ0v) is 12.4. The van der Waals surface area contributed by atoms with E-state index in [0.717, 1.165) is 12.1 Å². The molecule has 0 aliphatic carbocycles. The molecule has 7 heteroatoms. The van der Waals surface area contributed by atoms with Crippen LogP contribution in [0.25, 0.3) is 22.4 Å². The molecule has 3 aromatic rings. The highest BCUT2D eigenvalue weighted by Gasteiger charge is 2.31. The van der Waals surface area contributed by atoms with Crippen LogP contribution in [-0.2, 0) is 6.18 Å². The number of nitrogens with zero attached hydrogens (tertiary/aromatic N) is 2. The summed E-state index contributed by atoms with van der Waals surface area (Å²) in [7, 11) is 0. The molecule has 1 heterocycles. The number of benzene rings is 2. The van der Waals surface area contributed by atoms with E-state index < -0.39 is 11.7 Å². The Kier molecular flexibility index (Phi) is 3.84. The summed E-state index contributed by atoms with van der Waals surface area (Å²) in [5.41, 5.74) is 12.5. The Morgan fingerprint density at radius 2 is 1.46 bits per heavy atom. The zero-order valence-electron chi connectivity index (χ0n) is 12.4. The molecule has 0 aliphatic heterocycles. The van der Waals surface area contributed by atoms with Crippen molar-refractivity contribution >= 4 is 11.8 Å². The van der Waals surface area contributed by atoms with Crippen LogP contribution in [-0.4, -0.2) is 9.97 Å². The molecule has 4 N–H and O–H groups in total. The van der Waals surface area contributed by atoms with Crippen LogP contribution in [0.3, 0.4) is 0 Å². The molecule has 0 atom stereocenters. The van der Waals surface area contributed by atoms with Crippen LogP contribution in [0.1, 0.15) is 5.56 Å². The fraction of sp³-hybridized carbons (Fsp3) is 0.0588. The number of hydrogen-bond acceptors (Lipinski definition) is 4. The summed E-state index contributed by atoms with van der Waals surface area (Å²) in [4.78, 5) is 8.05. The highest BCUT2D eigenvalue weighted by atomic mass is 19.4. The Morgan fingerprint density at radius 3 is 2.12 bits per heavy atom. The SMILES string of the molecule is Nc1nc(N)c(-c2ccccc2)c(-c2cccc(C(F)(F)F)c2)n1. The van der Waals surface area contributed by atoms with Crippen molar-refractivity contribution in [1.29, 1.82) is 0 Å². The van der Waals surface area contributed by atoms with Gasteiger partial charge >= 0.3 is 6.18 Å². The maximum atomic E-state index is 13.0. The molecule has 2 aromatic carbocycles. The summed E-state index contributed by atoms with van der Waals surface area (Å²) < 4.78 is 39.0. The first-order valence-corrected chi connectivity index (χ1v) is 7.02. The third-order valence-electron chi connectivity index (χ3n) is 3.48. The zero-order chi connectivity index (χ0) is 17.3. The van der Waals surface area contributed by atoms with Gasteiger partial charge in [0, 0.05) is 5.56 Å². The van der Waals surface area contributed by atoms with Crippen molar-refractivity contribution in [3.63, 3.8) is 0 Å². The molecule has 0 radical (unpaired) electrons. The van der Waals surface area contributed by atoms with Crippen molar-refractivity contribution in [2.24, 2.45) is 0 Å². The van der Waals surface area contributed by atoms with E-state index in [9.17, 15) is 13.2 Å². The number of hydrogen-bond donors (Lipinski definition) is 2. The smallest absolute Gasteiger partial charge is 0.383 e. The quantitative estimate of drug-likeness (QED) is 0.744. The van der Waals surface area contributed by atoms with Crippen molar-refractivity contribution in [2.75, 3.05) is 11.5 Å².